The largest absolute Gasteiger partial charge is 0.353 e. The number of amides is 2. The van der Waals surface area contributed by atoms with E-state index in [9.17, 15) is 9.59 Å². The van der Waals surface area contributed by atoms with Gasteiger partial charge in [0.15, 0.2) is 5.69 Å². The normalized spacial score (nSPS) is 19.8. The van der Waals surface area contributed by atoms with Crippen LogP contribution in [-0.4, -0.2) is 76.2 Å². The summed E-state index contributed by atoms with van der Waals surface area (Å²) in [5.74, 6) is 1.38. The maximum atomic E-state index is 12.7. The third-order valence-electron chi connectivity index (χ3n) is 6.03. The molecule has 2 saturated heterocycles. The number of aryl methyl sites for hydroxylation is 1. The van der Waals surface area contributed by atoms with Crippen LogP contribution in [0.4, 0.5) is 5.82 Å². The zero-order valence-corrected chi connectivity index (χ0v) is 17.4. The number of rotatable bonds is 5. The van der Waals surface area contributed by atoms with Crippen LogP contribution in [0.25, 0.3) is 0 Å². The topological polar surface area (TPSA) is 95.7 Å². The zero-order chi connectivity index (χ0) is 20.9. The lowest BCUT2D eigenvalue weighted by molar-refractivity contribution is -0.131. The Morgan fingerprint density at radius 3 is 2.63 bits per heavy atom. The number of likely N-dealkylation sites (tertiary alicyclic amines) is 1. The number of piperidine rings is 1. The third-order valence-corrected chi connectivity index (χ3v) is 6.03. The molecule has 2 aliphatic heterocycles. The molecule has 0 aromatic carbocycles. The average Bonchev–Trinajstić information content (AvgIpc) is 3.23. The van der Waals surface area contributed by atoms with Crippen LogP contribution >= 0.6 is 0 Å². The summed E-state index contributed by atoms with van der Waals surface area (Å²) in [7, 11) is 0. The van der Waals surface area contributed by atoms with Crippen LogP contribution in [0.5, 0.6) is 0 Å². The van der Waals surface area contributed by atoms with Gasteiger partial charge in [0.05, 0.1) is 0 Å². The van der Waals surface area contributed by atoms with Crippen molar-refractivity contribution in [2.45, 2.75) is 32.6 Å². The summed E-state index contributed by atoms with van der Waals surface area (Å²) in [6.07, 6.45) is 5.11. The minimum atomic E-state index is -0.129. The van der Waals surface area contributed by atoms with Gasteiger partial charge in [-0.3, -0.25) is 9.59 Å². The van der Waals surface area contributed by atoms with E-state index >= 15 is 0 Å². The number of nitrogens with zero attached hydrogens (tertiary/aromatic N) is 6. The molecule has 9 nitrogen and oxygen atoms in total. The fraction of sp³-hybridized carbons (Fsp3) is 0.571. The van der Waals surface area contributed by atoms with Crippen LogP contribution in [0.3, 0.4) is 0 Å². The Balaban J connectivity index is 1.23. The molecule has 0 radical (unpaired) electrons. The minimum absolute atomic E-state index is 0.129. The van der Waals surface area contributed by atoms with E-state index in [0.29, 0.717) is 31.1 Å². The molecule has 1 atom stereocenters. The van der Waals surface area contributed by atoms with E-state index in [4.69, 9.17) is 0 Å². The van der Waals surface area contributed by atoms with Crippen molar-refractivity contribution in [2.75, 3.05) is 44.2 Å². The molecule has 2 aliphatic rings. The number of aromatic nitrogens is 3. The van der Waals surface area contributed by atoms with Crippen molar-refractivity contribution < 1.29 is 14.2 Å². The molecular weight excluding hydrogens is 384 g/mol. The van der Waals surface area contributed by atoms with E-state index in [2.05, 4.69) is 24.8 Å². The maximum absolute atomic E-state index is 12.7. The van der Waals surface area contributed by atoms with E-state index in [1.54, 1.807) is 13.1 Å². The highest BCUT2D eigenvalue weighted by atomic mass is 16.6. The average molecular weight is 412 g/mol. The van der Waals surface area contributed by atoms with Gasteiger partial charge in [-0.15, -0.1) is 0 Å². The molecular formula is C21H28N6O3. The van der Waals surface area contributed by atoms with Crippen molar-refractivity contribution in [1.29, 1.82) is 0 Å². The number of carbonyl (C=O) groups is 2. The van der Waals surface area contributed by atoms with Crippen molar-refractivity contribution in [3.8, 4) is 0 Å². The van der Waals surface area contributed by atoms with Gasteiger partial charge in [0.1, 0.15) is 11.5 Å². The van der Waals surface area contributed by atoms with Gasteiger partial charge in [-0.2, -0.15) is 0 Å². The summed E-state index contributed by atoms with van der Waals surface area (Å²) in [5.41, 5.74) is 0.805. The lowest BCUT2D eigenvalue weighted by Crippen LogP contribution is -2.49. The molecule has 0 N–H and O–H groups in total. The van der Waals surface area contributed by atoms with Crippen molar-refractivity contribution in [1.82, 2.24) is 25.1 Å². The molecule has 0 aliphatic carbocycles. The van der Waals surface area contributed by atoms with Crippen molar-refractivity contribution in [3.05, 3.63) is 35.8 Å². The van der Waals surface area contributed by atoms with Gasteiger partial charge in [-0.05, 0) is 49.4 Å². The van der Waals surface area contributed by atoms with Crippen molar-refractivity contribution in [2.24, 2.45) is 5.92 Å². The molecule has 1 unspecified atom stereocenters. The van der Waals surface area contributed by atoms with Gasteiger partial charge < -0.3 is 14.7 Å². The summed E-state index contributed by atoms with van der Waals surface area (Å²) in [5, 5.41) is 7.43. The summed E-state index contributed by atoms with van der Waals surface area (Å²) in [4.78, 5) is 35.7. The minimum Gasteiger partial charge on any atom is -0.353 e. The number of pyridine rings is 1. The van der Waals surface area contributed by atoms with E-state index < -0.39 is 0 Å². The highest BCUT2D eigenvalue weighted by molar-refractivity contribution is 5.93. The summed E-state index contributed by atoms with van der Waals surface area (Å²) >= 11 is 0. The quantitative estimate of drug-likeness (QED) is 0.738. The lowest BCUT2D eigenvalue weighted by Gasteiger charge is -2.36. The first-order valence-electron chi connectivity index (χ1n) is 10.6. The molecule has 0 saturated carbocycles. The standard InChI is InChI=1S/C21H28N6O3/c1-16-20(24-30-23-16)21(29)27-10-4-5-17(15-27)7-8-19(28)26-13-11-25(12-14-26)18-6-2-3-9-22-18/h2-3,6,9,17H,4-5,7-8,10-15H2,1H3. The van der Waals surface area contributed by atoms with Crippen molar-refractivity contribution >= 4 is 17.6 Å². The summed E-state index contributed by atoms with van der Waals surface area (Å²) in [6, 6.07) is 5.90. The molecule has 0 spiro atoms. The summed E-state index contributed by atoms with van der Waals surface area (Å²) < 4.78 is 4.66. The molecule has 2 aromatic rings. The Hall–Kier alpha value is -2.97. The van der Waals surface area contributed by atoms with E-state index in [0.717, 1.165) is 51.3 Å². The molecule has 0 bridgehead atoms. The second kappa shape index (κ2) is 9.23. The Morgan fingerprint density at radius 1 is 1.10 bits per heavy atom. The van der Waals surface area contributed by atoms with E-state index in [-0.39, 0.29) is 17.5 Å². The van der Waals surface area contributed by atoms with Gasteiger partial charge in [-0.1, -0.05) is 11.2 Å². The van der Waals surface area contributed by atoms with Crippen molar-refractivity contribution in [3.63, 3.8) is 0 Å². The van der Waals surface area contributed by atoms with Crippen LogP contribution in [0, 0.1) is 12.8 Å². The van der Waals surface area contributed by atoms with Crippen LogP contribution in [0.15, 0.2) is 29.0 Å². The molecule has 2 fully saturated rings. The second-order valence-electron chi connectivity index (χ2n) is 8.05. The van der Waals surface area contributed by atoms with Gasteiger partial charge in [-0.25, -0.2) is 9.61 Å². The highest BCUT2D eigenvalue weighted by Gasteiger charge is 2.29. The predicted molar refractivity (Wildman–Crippen MR) is 110 cm³/mol. The van der Waals surface area contributed by atoms with E-state index in [1.807, 2.05) is 28.0 Å². The van der Waals surface area contributed by atoms with Crippen LogP contribution < -0.4 is 4.90 Å². The van der Waals surface area contributed by atoms with Crippen LogP contribution in [0.1, 0.15) is 41.9 Å². The highest BCUT2D eigenvalue weighted by Crippen LogP contribution is 2.23. The summed E-state index contributed by atoms with van der Waals surface area (Å²) in [6.45, 7) is 6.15. The Morgan fingerprint density at radius 2 is 1.93 bits per heavy atom. The number of carbonyl (C=O) groups excluding carboxylic acids is 2. The maximum Gasteiger partial charge on any atom is 0.278 e. The Kier molecular flexibility index (Phi) is 6.25. The van der Waals surface area contributed by atoms with E-state index in [1.165, 1.54) is 0 Å². The number of hydrogen-bond donors (Lipinski definition) is 0. The first kappa shape index (κ1) is 20.3. The number of piperazine rings is 1. The third kappa shape index (κ3) is 4.60. The molecule has 4 heterocycles. The second-order valence-corrected chi connectivity index (χ2v) is 8.05. The number of hydrogen-bond acceptors (Lipinski definition) is 7. The van der Waals surface area contributed by atoms with Gasteiger partial charge in [0, 0.05) is 51.9 Å². The first-order valence-corrected chi connectivity index (χ1v) is 10.6. The van der Waals surface area contributed by atoms with Gasteiger partial charge >= 0.3 is 0 Å². The molecule has 9 heteroatoms. The van der Waals surface area contributed by atoms with Crippen LogP contribution in [0.2, 0.25) is 0 Å². The fourth-order valence-electron chi connectivity index (χ4n) is 4.27. The molecule has 2 amide bonds. The van der Waals surface area contributed by atoms with Gasteiger partial charge in [0.25, 0.3) is 5.91 Å². The SMILES string of the molecule is Cc1nonc1C(=O)N1CCCC(CCC(=O)N2CCN(c3ccccn3)CC2)C1. The Bertz CT molecular complexity index is 863. The molecule has 160 valence electrons. The lowest BCUT2D eigenvalue weighted by atomic mass is 9.93. The smallest absolute Gasteiger partial charge is 0.278 e. The monoisotopic (exact) mass is 412 g/mol. The molecule has 2 aromatic heterocycles. The Labute approximate surface area is 176 Å². The predicted octanol–water partition coefficient (Wildman–Crippen LogP) is 1.75. The van der Waals surface area contributed by atoms with Gasteiger partial charge in [0.2, 0.25) is 5.91 Å². The molecule has 30 heavy (non-hydrogen) atoms. The van der Waals surface area contributed by atoms with Crippen LogP contribution in [-0.2, 0) is 4.79 Å². The first-order chi connectivity index (χ1) is 14.6. The fourth-order valence-corrected chi connectivity index (χ4v) is 4.27. The molecule has 4 rings (SSSR count). The number of anilines is 1. The zero-order valence-electron chi connectivity index (χ0n) is 17.4.